The molecule has 2 aromatic rings. The number of aryl methyl sites for hydroxylation is 1. The normalized spacial score (nSPS) is 10.4. The van der Waals surface area contributed by atoms with Gasteiger partial charge in [0, 0.05) is 35.5 Å². The number of benzene rings is 2. The predicted molar refractivity (Wildman–Crippen MR) is 81.5 cm³/mol. The van der Waals surface area contributed by atoms with Gasteiger partial charge < -0.3 is 4.90 Å². The Kier molecular flexibility index (Phi) is 4.68. The Morgan fingerprint density at radius 3 is 2.43 bits per heavy atom. The molecular weight excluding hydrogens is 306 g/mol. The molecular formula is C16H14F2N2O3. The highest BCUT2D eigenvalue weighted by molar-refractivity contribution is 6.06. The number of amides is 1. The third-order valence-corrected chi connectivity index (χ3v) is 3.43. The van der Waals surface area contributed by atoms with Crippen molar-refractivity contribution in [3.8, 4) is 0 Å². The van der Waals surface area contributed by atoms with Gasteiger partial charge in [0.15, 0.2) is 11.6 Å². The number of carbonyl (C=O) groups excluding carboxylic acids is 1. The van der Waals surface area contributed by atoms with Crippen LogP contribution in [-0.2, 0) is 0 Å². The van der Waals surface area contributed by atoms with E-state index in [9.17, 15) is 23.7 Å². The van der Waals surface area contributed by atoms with E-state index in [0.29, 0.717) is 5.56 Å². The maximum Gasteiger partial charge on any atom is 0.273 e. The molecule has 7 heteroatoms. The van der Waals surface area contributed by atoms with Crippen LogP contribution in [0.2, 0.25) is 0 Å². The first-order chi connectivity index (χ1) is 10.8. The maximum atomic E-state index is 13.4. The Labute approximate surface area is 131 Å². The molecule has 0 aromatic heterocycles. The van der Waals surface area contributed by atoms with Gasteiger partial charge in [-0.1, -0.05) is 6.07 Å². The summed E-state index contributed by atoms with van der Waals surface area (Å²) in [6.07, 6.45) is 0. The molecule has 120 valence electrons. The average molecular weight is 320 g/mol. The zero-order chi connectivity index (χ0) is 17.1. The molecule has 0 aliphatic heterocycles. The molecule has 0 saturated carbocycles. The lowest BCUT2D eigenvalue weighted by molar-refractivity contribution is -0.385. The first kappa shape index (κ1) is 16.5. The Morgan fingerprint density at radius 1 is 1.17 bits per heavy atom. The van der Waals surface area contributed by atoms with Crippen LogP contribution >= 0.6 is 0 Å². The highest BCUT2D eigenvalue weighted by atomic mass is 19.2. The summed E-state index contributed by atoms with van der Waals surface area (Å²) in [5.74, 6) is -2.60. The average Bonchev–Trinajstić information content (AvgIpc) is 2.51. The number of halogens is 2. The molecule has 0 spiro atoms. The van der Waals surface area contributed by atoms with Gasteiger partial charge in [-0.25, -0.2) is 8.78 Å². The minimum Gasteiger partial charge on any atom is -0.309 e. The van der Waals surface area contributed by atoms with Crippen molar-refractivity contribution in [3.05, 3.63) is 69.3 Å². The summed E-state index contributed by atoms with van der Waals surface area (Å²) < 4.78 is 26.4. The predicted octanol–water partition coefficient (Wildman–Crippen LogP) is 3.85. The smallest absolute Gasteiger partial charge is 0.273 e. The fraction of sp³-hybridized carbons (Fsp3) is 0.188. The zero-order valence-electron chi connectivity index (χ0n) is 12.5. The molecule has 23 heavy (non-hydrogen) atoms. The largest absolute Gasteiger partial charge is 0.309 e. The number of anilines is 1. The zero-order valence-corrected chi connectivity index (χ0v) is 12.5. The standard InChI is InChI=1S/C16H14F2N2O3/c1-3-19(12-6-7-13(17)14(18)9-12)16(21)11-5-4-10(2)15(8-11)20(22)23/h4-9H,3H2,1-2H3. The van der Waals surface area contributed by atoms with Gasteiger partial charge >= 0.3 is 0 Å². The fourth-order valence-electron chi connectivity index (χ4n) is 2.19. The van der Waals surface area contributed by atoms with Crippen LogP contribution in [-0.4, -0.2) is 17.4 Å². The number of rotatable bonds is 4. The second kappa shape index (κ2) is 6.51. The molecule has 0 atom stereocenters. The van der Waals surface area contributed by atoms with Gasteiger partial charge in [0.05, 0.1) is 4.92 Å². The van der Waals surface area contributed by atoms with E-state index < -0.39 is 22.5 Å². The van der Waals surface area contributed by atoms with Gasteiger partial charge in [-0.15, -0.1) is 0 Å². The van der Waals surface area contributed by atoms with E-state index in [-0.39, 0.29) is 23.5 Å². The first-order valence-corrected chi connectivity index (χ1v) is 6.87. The lowest BCUT2D eigenvalue weighted by Crippen LogP contribution is -2.30. The Morgan fingerprint density at radius 2 is 1.87 bits per heavy atom. The Balaban J connectivity index is 2.42. The van der Waals surface area contributed by atoms with Crippen molar-refractivity contribution < 1.29 is 18.5 Å². The van der Waals surface area contributed by atoms with Crippen LogP contribution in [0.3, 0.4) is 0 Å². The molecule has 0 fully saturated rings. The van der Waals surface area contributed by atoms with Crippen molar-refractivity contribution in [3.63, 3.8) is 0 Å². The van der Waals surface area contributed by atoms with E-state index in [2.05, 4.69) is 0 Å². The van der Waals surface area contributed by atoms with E-state index in [1.165, 1.54) is 29.2 Å². The highest BCUT2D eigenvalue weighted by Gasteiger charge is 2.21. The molecule has 0 unspecified atom stereocenters. The molecule has 0 bridgehead atoms. The van der Waals surface area contributed by atoms with E-state index in [4.69, 9.17) is 0 Å². The minimum absolute atomic E-state index is 0.105. The van der Waals surface area contributed by atoms with Crippen molar-refractivity contribution in [2.75, 3.05) is 11.4 Å². The van der Waals surface area contributed by atoms with Crippen molar-refractivity contribution in [1.29, 1.82) is 0 Å². The van der Waals surface area contributed by atoms with Gasteiger partial charge in [-0.2, -0.15) is 0 Å². The van der Waals surface area contributed by atoms with Crippen molar-refractivity contribution in [2.45, 2.75) is 13.8 Å². The van der Waals surface area contributed by atoms with Crippen LogP contribution in [0.5, 0.6) is 0 Å². The second-order valence-corrected chi connectivity index (χ2v) is 4.91. The summed E-state index contributed by atoms with van der Waals surface area (Å²) in [6.45, 7) is 3.44. The van der Waals surface area contributed by atoms with Crippen molar-refractivity contribution in [2.24, 2.45) is 0 Å². The summed E-state index contributed by atoms with van der Waals surface area (Å²) in [4.78, 5) is 24.2. The summed E-state index contributed by atoms with van der Waals surface area (Å²) in [5, 5.41) is 11.0. The van der Waals surface area contributed by atoms with E-state index in [1.54, 1.807) is 13.8 Å². The summed E-state index contributed by atoms with van der Waals surface area (Å²) in [6, 6.07) is 7.25. The number of nitrogens with zero attached hydrogens (tertiary/aromatic N) is 2. The Hall–Kier alpha value is -2.83. The number of nitro benzene ring substituents is 1. The first-order valence-electron chi connectivity index (χ1n) is 6.87. The number of nitro groups is 1. The van der Waals surface area contributed by atoms with Gasteiger partial charge in [-0.05, 0) is 32.0 Å². The van der Waals surface area contributed by atoms with Crippen molar-refractivity contribution in [1.82, 2.24) is 0 Å². The van der Waals surface area contributed by atoms with Crippen LogP contribution in [0.25, 0.3) is 0 Å². The van der Waals surface area contributed by atoms with Crippen LogP contribution in [0.15, 0.2) is 36.4 Å². The third-order valence-electron chi connectivity index (χ3n) is 3.43. The van der Waals surface area contributed by atoms with Crippen LogP contribution < -0.4 is 4.90 Å². The molecule has 0 aliphatic rings. The minimum atomic E-state index is -1.07. The van der Waals surface area contributed by atoms with E-state index in [0.717, 1.165) is 12.1 Å². The number of hydrogen-bond acceptors (Lipinski definition) is 3. The lowest BCUT2D eigenvalue weighted by atomic mass is 10.1. The third kappa shape index (κ3) is 3.33. The summed E-state index contributed by atoms with van der Waals surface area (Å²) in [7, 11) is 0. The molecule has 0 N–H and O–H groups in total. The van der Waals surface area contributed by atoms with Crippen LogP contribution in [0.1, 0.15) is 22.8 Å². The SMILES string of the molecule is CCN(C(=O)c1ccc(C)c([N+](=O)[O-])c1)c1ccc(F)c(F)c1. The van der Waals surface area contributed by atoms with Crippen LogP contribution in [0, 0.1) is 28.7 Å². The molecule has 0 heterocycles. The van der Waals surface area contributed by atoms with Crippen LogP contribution in [0.4, 0.5) is 20.2 Å². The molecule has 0 aliphatic carbocycles. The molecule has 0 saturated heterocycles. The van der Waals surface area contributed by atoms with Gasteiger partial charge in [0.1, 0.15) is 0 Å². The molecule has 0 radical (unpaired) electrons. The summed E-state index contributed by atoms with van der Waals surface area (Å²) >= 11 is 0. The molecule has 2 aromatic carbocycles. The number of carbonyl (C=O) groups is 1. The second-order valence-electron chi connectivity index (χ2n) is 4.91. The van der Waals surface area contributed by atoms with E-state index in [1.807, 2.05) is 0 Å². The van der Waals surface area contributed by atoms with Crippen molar-refractivity contribution >= 4 is 17.3 Å². The summed E-state index contributed by atoms with van der Waals surface area (Å²) in [5.41, 5.74) is 0.549. The quantitative estimate of drug-likeness (QED) is 0.635. The molecule has 1 amide bonds. The maximum absolute atomic E-state index is 13.4. The Bertz CT molecular complexity index is 778. The van der Waals surface area contributed by atoms with Gasteiger partial charge in [0.25, 0.3) is 11.6 Å². The molecule has 2 rings (SSSR count). The van der Waals surface area contributed by atoms with Gasteiger partial charge in [0.2, 0.25) is 0 Å². The number of hydrogen-bond donors (Lipinski definition) is 0. The monoisotopic (exact) mass is 320 g/mol. The van der Waals surface area contributed by atoms with E-state index >= 15 is 0 Å². The topological polar surface area (TPSA) is 63.5 Å². The lowest BCUT2D eigenvalue weighted by Gasteiger charge is -2.21. The fourth-order valence-corrected chi connectivity index (χ4v) is 2.19. The highest BCUT2D eigenvalue weighted by Crippen LogP contribution is 2.23. The van der Waals surface area contributed by atoms with Gasteiger partial charge in [-0.3, -0.25) is 14.9 Å². The molecule has 5 nitrogen and oxygen atoms in total.